The van der Waals surface area contributed by atoms with Gasteiger partial charge in [-0.15, -0.1) is 11.3 Å². The number of thiazole rings is 1. The molecule has 24 heavy (non-hydrogen) atoms. The Labute approximate surface area is 143 Å². The van der Waals surface area contributed by atoms with E-state index in [9.17, 15) is 4.39 Å². The number of benzene rings is 1. The summed E-state index contributed by atoms with van der Waals surface area (Å²) >= 11 is 1.57. The van der Waals surface area contributed by atoms with E-state index in [2.05, 4.69) is 27.3 Å². The summed E-state index contributed by atoms with van der Waals surface area (Å²) in [5.41, 5.74) is 1.79. The molecule has 0 saturated carbocycles. The first kappa shape index (κ1) is 15.3. The number of hydrogen-bond acceptors (Lipinski definition) is 5. The minimum Gasteiger partial charge on any atom is -0.357 e. The summed E-state index contributed by atoms with van der Waals surface area (Å²) in [7, 11) is 0. The third-order valence-electron chi connectivity index (χ3n) is 4.19. The van der Waals surface area contributed by atoms with E-state index in [0.717, 1.165) is 53.8 Å². The maximum Gasteiger partial charge on any atom is 0.183 e. The topological polar surface area (TPSA) is 55.6 Å². The standard InChI is InChI=1S/C17H18FN5S/c1-2-15-21-16-8-7-13(9-23(16)22-15)19-17-20-14(10-24-17)11-3-5-12(18)6-4-11/h3-6,10,13H,2,7-9H2,1H3,(H,19,20). The van der Waals surface area contributed by atoms with Crippen LogP contribution in [0.3, 0.4) is 0 Å². The van der Waals surface area contributed by atoms with Gasteiger partial charge in [0.2, 0.25) is 0 Å². The summed E-state index contributed by atoms with van der Waals surface area (Å²) in [5.74, 6) is 1.76. The molecule has 7 heteroatoms. The van der Waals surface area contributed by atoms with Gasteiger partial charge in [0, 0.05) is 29.8 Å². The highest BCUT2D eigenvalue weighted by atomic mass is 32.1. The molecule has 1 aliphatic heterocycles. The van der Waals surface area contributed by atoms with E-state index in [4.69, 9.17) is 0 Å². The number of anilines is 1. The van der Waals surface area contributed by atoms with Crippen molar-refractivity contribution in [2.75, 3.05) is 5.32 Å². The van der Waals surface area contributed by atoms with E-state index in [1.54, 1.807) is 23.5 Å². The normalized spacial score (nSPS) is 16.8. The smallest absolute Gasteiger partial charge is 0.183 e. The zero-order chi connectivity index (χ0) is 16.5. The molecule has 0 amide bonds. The molecule has 1 atom stereocenters. The van der Waals surface area contributed by atoms with E-state index in [0.29, 0.717) is 6.04 Å². The lowest BCUT2D eigenvalue weighted by atomic mass is 10.1. The van der Waals surface area contributed by atoms with Gasteiger partial charge >= 0.3 is 0 Å². The SMILES string of the molecule is CCc1nc2n(n1)CC(Nc1nc(-c3ccc(F)cc3)cs1)CC2. The van der Waals surface area contributed by atoms with Crippen LogP contribution >= 0.6 is 11.3 Å². The van der Waals surface area contributed by atoms with Gasteiger partial charge in [-0.3, -0.25) is 0 Å². The van der Waals surface area contributed by atoms with Gasteiger partial charge in [-0.25, -0.2) is 19.0 Å². The average Bonchev–Trinajstić information content (AvgIpc) is 3.21. The second-order valence-electron chi connectivity index (χ2n) is 5.90. The molecule has 1 N–H and O–H groups in total. The summed E-state index contributed by atoms with van der Waals surface area (Å²) in [5, 5.41) is 10.9. The fourth-order valence-corrected chi connectivity index (χ4v) is 3.69. The largest absolute Gasteiger partial charge is 0.357 e. The van der Waals surface area contributed by atoms with Crippen LogP contribution in [0.15, 0.2) is 29.6 Å². The van der Waals surface area contributed by atoms with Crippen LogP contribution in [0.4, 0.5) is 9.52 Å². The zero-order valence-corrected chi connectivity index (χ0v) is 14.2. The van der Waals surface area contributed by atoms with Gasteiger partial charge in [0.05, 0.1) is 12.2 Å². The van der Waals surface area contributed by atoms with Crippen LogP contribution in [0.1, 0.15) is 25.0 Å². The van der Waals surface area contributed by atoms with Gasteiger partial charge in [0.1, 0.15) is 11.6 Å². The number of aryl methyl sites for hydroxylation is 2. The van der Waals surface area contributed by atoms with Crippen LogP contribution in [0, 0.1) is 5.82 Å². The lowest BCUT2D eigenvalue weighted by Gasteiger charge is -2.23. The molecule has 0 bridgehead atoms. The van der Waals surface area contributed by atoms with Crippen molar-refractivity contribution in [2.24, 2.45) is 0 Å². The van der Waals surface area contributed by atoms with Crippen LogP contribution in [-0.2, 0) is 19.4 Å². The maximum absolute atomic E-state index is 13.0. The van der Waals surface area contributed by atoms with Crippen LogP contribution in [0.25, 0.3) is 11.3 Å². The lowest BCUT2D eigenvalue weighted by Crippen LogP contribution is -2.31. The predicted molar refractivity (Wildman–Crippen MR) is 92.6 cm³/mol. The molecule has 2 aromatic heterocycles. The molecule has 0 aliphatic carbocycles. The van der Waals surface area contributed by atoms with E-state index in [1.165, 1.54) is 12.1 Å². The van der Waals surface area contributed by atoms with Crippen LogP contribution < -0.4 is 5.32 Å². The summed E-state index contributed by atoms with van der Waals surface area (Å²) in [6, 6.07) is 6.73. The second kappa shape index (κ2) is 6.32. The second-order valence-corrected chi connectivity index (χ2v) is 6.76. The summed E-state index contributed by atoms with van der Waals surface area (Å²) in [4.78, 5) is 9.16. The fraction of sp³-hybridized carbons (Fsp3) is 0.353. The van der Waals surface area contributed by atoms with Crippen LogP contribution in [-0.4, -0.2) is 25.8 Å². The third-order valence-corrected chi connectivity index (χ3v) is 4.96. The van der Waals surface area contributed by atoms with E-state index in [-0.39, 0.29) is 5.82 Å². The molecular weight excluding hydrogens is 325 g/mol. The highest BCUT2D eigenvalue weighted by Gasteiger charge is 2.22. The Morgan fingerprint density at radius 2 is 2.12 bits per heavy atom. The number of fused-ring (bicyclic) bond motifs is 1. The molecule has 0 saturated heterocycles. The van der Waals surface area contributed by atoms with Gasteiger partial charge < -0.3 is 5.32 Å². The first-order valence-corrected chi connectivity index (χ1v) is 9.00. The van der Waals surface area contributed by atoms with Gasteiger partial charge in [0.15, 0.2) is 11.0 Å². The summed E-state index contributed by atoms with van der Waals surface area (Å²) in [6.07, 6.45) is 2.82. The van der Waals surface area contributed by atoms with Crippen LogP contribution in [0.2, 0.25) is 0 Å². The van der Waals surface area contributed by atoms with Crippen molar-refractivity contribution in [2.45, 2.75) is 38.8 Å². The van der Waals surface area contributed by atoms with E-state index >= 15 is 0 Å². The van der Waals surface area contributed by atoms with Crippen molar-refractivity contribution in [1.29, 1.82) is 0 Å². The van der Waals surface area contributed by atoms with E-state index < -0.39 is 0 Å². The van der Waals surface area contributed by atoms with E-state index in [1.807, 2.05) is 10.1 Å². The van der Waals surface area contributed by atoms with Crippen molar-refractivity contribution >= 4 is 16.5 Å². The van der Waals surface area contributed by atoms with Crippen molar-refractivity contribution in [1.82, 2.24) is 19.7 Å². The molecule has 124 valence electrons. The maximum atomic E-state index is 13.0. The Morgan fingerprint density at radius 1 is 1.29 bits per heavy atom. The Balaban J connectivity index is 1.45. The predicted octanol–water partition coefficient (Wildman–Crippen LogP) is 3.53. The Kier molecular flexibility index (Phi) is 4.02. The minimum absolute atomic E-state index is 0.232. The molecule has 0 spiro atoms. The number of nitrogens with zero attached hydrogens (tertiary/aromatic N) is 4. The van der Waals surface area contributed by atoms with Gasteiger partial charge in [-0.2, -0.15) is 5.10 Å². The quantitative estimate of drug-likeness (QED) is 0.787. The Hall–Kier alpha value is -2.28. The van der Waals surface area contributed by atoms with Crippen molar-refractivity contribution < 1.29 is 4.39 Å². The molecule has 0 fully saturated rings. The molecule has 3 aromatic rings. The molecule has 3 heterocycles. The molecular formula is C17H18FN5S. The zero-order valence-electron chi connectivity index (χ0n) is 13.4. The number of nitrogens with one attached hydrogen (secondary N) is 1. The van der Waals surface area contributed by atoms with Gasteiger partial charge in [-0.05, 0) is 30.7 Å². The van der Waals surface area contributed by atoms with Gasteiger partial charge in [-0.1, -0.05) is 6.92 Å². The lowest BCUT2D eigenvalue weighted by molar-refractivity contribution is 0.440. The number of aromatic nitrogens is 4. The first-order valence-electron chi connectivity index (χ1n) is 8.12. The average molecular weight is 343 g/mol. The molecule has 1 unspecified atom stereocenters. The molecule has 4 rings (SSSR count). The number of hydrogen-bond donors (Lipinski definition) is 1. The highest BCUT2D eigenvalue weighted by Crippen LogP contribution is 2.26. The summed E-state index contributed by atoms with van der Waals surface area (Å²) < 4.78 is 15.0. The Bertz CT molecular complexity index is 839. The molecule has 1 aliphatic rings. The van der Waals surface area contributed by atoms with Crippen molar-refractivity contribution in [3.05, 3.63) is 47.1 Å². The third kappa shape index (κ3) is 3.03. The fourth-order valence-electron chi connectivity index (χ4n) is 2.90. The molecule has 5 nitrogen and oxygen atoms in total. The van der Waals surface area contributed by atoms with Gasteiger partial charge in [0.25, 0.3) is 0 Å². The molecule has 0 radical (unpaired) electrons. The van der Waals surface area contributed by atoms with Crippen molar-refractivity contribution in [3.63, 3.8) is 0 Å². The Morgan fingerprint density at radius 3 is 2.92 bits per heavy atom. The summed E-state index contributed by atoms with van der Waals surface area (Å²) in [6.45, 7) is 2.89. The first-order chi connectivity index (χ1) is 11.7. The highest BCUT2D eigenvalue weighted by molar-refractivity contribution is 7.14. The van der Waals surface area contributed by atoms with Crippen LogP contribution in [0.5, 0.6) is 0 Å². The molecule has 1 aromatic carbocycles. The van der Waals surface area contributed by atoms with Crippen molar-refractivity contribution in [3.8, 4) is 11.3 Å². The monoisotopic (exact) mass is 343 g/mol. The number of halogens is 1. The number of rotatable bonds is 4. The minimum atomic E-state index is -0.232.